The predicted octanol–water partition coefficient (Wildman–Crippen LogP) is 3.97. The molecule has 0 radical (unpaired) electrons. The molecule has 0 saturated heterocycles. The maximum Gasteiger partial charge on any atom is 0.261 e. The number of hydrogen-bond acceptors (Lipinski definition) is 4. The molecule has 134 valence electrons. The van der Waals surface area contributed by atoms with Crippen LogP contribution < -0.4 is 10.1 Å². The average molecular weight is 358 g/mol. The number of rotatable bonds is 4. The molecule has 6 heteroatoms. The number of carbonyl (C=O) groups excluding carboxylic acids is 1. The zero-order valence-corrected chi connectivity index (χ0v) is 15.0. The van der Waals surface area contributed by atoms with Crippen molar-refractivity contribution < 1.29 is 9.53 Å². The lowest BCUT2D eigenvalue weighted by molar-refractivity contribution is 0.102. The Bertz CT molecular complexity index is 1120. The van der Waals surface area contributed by atoms with E-state index in [0.717, 1.165) is 16.7 Å². The Hall–Kier alpha value is -3.67. The van der Waals surface area contributed by atoms with Gasteiger partial charge < -0.3 is 10.1 Å². The maximum absolute atomic E-state index is 12.8. The Kier molecular flexibility index (Phi) is 4.30. The summed E-state index contributed by atoms with van der Waals surface area (Å²) in [5.41, 5.74) is 4.71. The van der Waals surface area contributed by atoms with Crippen LogP contribution in [-0.2, 0) is 0 Å². The molecular weight excluding hydrogens is 340 g/mol. The number of ether oxygens (including phenoxy) is 1. The monoisotopic (exact) mass is 358 g/mol. The van der Waals surface area contributed by atoms with E-state index in [4.69, 9.17) is 4.74 Å². The van der Waals surface area contributed by atoms with Crippen LogP contribution in [0.2, 0.25) is 0 Å². The largest absolute Gasteiger partial charge is 0.495 e. The summed E-state index contributed by atoms with van der Waals surface area (Å²) < 4.78 is 7.08. The number of amides is 1. The van der Waals surface area contributed by atoms with Gasteiger partial charge in [0.2, 0.25) is 0 Å². The third-order valence-electron chi connectivity index (χ3n) is 4.40. The van der Waals surface area contributed by atoms with Gasteiger partial charge in [-0.25, -0.2) is 9.50 Å². The van der Waals surface area contributed by atoms with E-state index in [1.165, 1.54) is 6.20 Å². The van der Waals surface area contributed by atoms with E-state index < -0.39 is 0 Å². The Labute approximate surface area is 156 Å². The number of nitrogens with zero attached hydrogens (tertiary/aromatic N) is 3. The van der Waals surface area contributed by atoms with Crippen molar-refractivity contribution in [2.24, 2.45) is 0 Å². The van der Waals surface area contributed by atoms with Crippen LogP contribution in [0.4, 0.5) is 5.69 Å². The lowest BCUT2D eigenvalue weighted by Gasteiger charge is -2.14. The van der Waals surface area contributed by atoms with E-state index in [1.807, 2.05) is 49.4 Å². The quantitative estimate of drug-likeness (QED) is 0.599. The molecule has 0 fully saturated rings. The first kappa shape index (κ1) is 16.8. The number of fused-ring (bicyclic) bond motifs is 1. The van der Waals surface area contributed by atoms with Crippen LogP contribution in [0.25, 0.3) is 16.8 Å². The highest BCUT2D eigenvalue weighted by Crippen LogP contribution is 2.34. The van der Waals surface area contributed by atoms with Crippen LogP contribution in [0.1, 0.15) is 15.9 Å². The third kappa shape index (κ3) is 3.13. The smallest absolute Gasteiger partial charge is 0.261 e. The standard InChI is InChI=1S/C21H18N4O2/c1-14-11-18(19(27-2)12-16(14)15-7-4-3-5-8-15)24-21(26)17-13-23-25-10-6-9-22-20(17)25/h3-13H,1-2H3,(H,24,26). The number of aromatic nitrogens is 3. The summed E-state index contributed by atoms with van der Waals surface area (Å²) in [6.07, 6.45) is 4.89. The Balaban J connectivity index is 1.69. The van der Waals surface area contributed by atoms with Gasteiger partial charge in [-0.05, 0) is 41.8 Å². The summed E-state index contributed by atoms with van der Waals surface area (Å²) in [4.78, 5) is 17.0. The van der Waals surface area contributed by atoms with Crippen LogP contribution in [0, 0.1) is 6.92 Å². The zero-order chi connectivity index (χ0) is 18.8. The number of hydrogen-bond donors (Lipinski definition) is 1. The molecule has 2 aromatic carbocycles. The highest BCUT2D eigenvalue weighted by Gasteiger charge is 2.17. The molecule has 27 heavy (non-hydrogen) atoms. The highest BCUT2D eigenvalue weighted by molar-refractivity contribution is 6.08. The Morgan fingerprint density at radius 3 is 2.74 bits per heavy atom. The molecule has 6 nitrogen and oxygen atoms in total. The van der Waals surface area contributed by atoms with Crippen LogP contribution in [-0.4, -0.2) is 27.6 Å². The summed E-state index contributed by atoms with van der Waals surface area (Å²) in [6, 6.07) is 15.7. The third-order valence-corrected chi connectivity index (χ3v) is 4.40. The summed E-state index contributed by atoms with van der Waals surface area (Å²) in [5.74, 6) is 0.311. The summed E-state index contributed by atoms with van der Waals surface area (Å²) in [5, 5.41) is 7.08. The number of aryl methyl sites for hydroxylation is 1. The molecular formula is C21H18N4O2. The van der Waals surface area contributed by atoms with E-state index in [2.05, 4.69) is 15.4 Å². The van der Waals surface area contributed by atoms with Gasteiger partial charge in [0.25, 0.3) is 5.91 Å². The second kappa shape index (κ2) is 6.92. The Morgan fingerprint density at radius 1 is 1.15 bits per heavy atom. The second-order valence-corrected chi connectivity index (χ2v) is 6.13. The number of methoxy groups -OCH3 is 1. The molecule has 2 heterocycles. The molecule has 0 aliphatic rings. The first-order valence-electron chi connectivity index (χ1n) is 8.51. The molecule has 0 bridgehead atoms. The van der Waals surface area contributed by atoms with E-state index in [9.17, 15) is 4.79 Å². The van der Waals surface area contributed by atoms with Gasteiger partial charge in [-0.15, -0.1) is 0 Å². The minimum atomic E-state index is -0.283. The average Bonchev–Trinajstić information content (AvgIpc) is 3.13. The highest BCUT2D eigenvalue weighted by atomic mass is 16.5. The summed E-state index contributed by atoms with van der Waals surface area (Å²) in [6.45, 7) is 2.01. The van der Waals surface area contributed by atoms with Crippen molar-refractivity contribution in [3.63, 3.8) is 0 Å². The van der Waals surface area contributed by atoms with Crippen molar-refractivity contribution in [2.45, 2.75) is 6.92 Å². The summed E-state index contributed by atoms with van der Waals surface area (Å²) >= 11 is 0. The van der Waals surface area contributed by atoms with Crippen LogP contribution >= 0.6 is 0 Å². The first-order chi connectivity index (χ1) is 13.2. The van der Waals surface area contributed by atoms with Gasteiger partial charge in [0.1, 0.15) is 11.3 Å². The van der Waals surface area contributed by atoms with Gasteiger partial charge in [0.05, 0.1) is 19.0 Å². The zero-order valence-electron chi connectivity index (χ0n) is 15.0. The van der Waals surface area contributed by atoms with Gasteiger partial charge in [0, 0.05) is 12.4 Å². The van der Waals surface area contributed by atoms with Gasteiger partial charge >= 0.3 is 0 Å². The maximum atomic E-state index is 12.8. The minimum Gasteiger partial charge on any atom is -0.495 e. The van der Waals surface area contributed by atoms with Crippen molar-refractivity contribution in [1.29, 1.82) is 0 Å². The molecule has 0 aliphatic carbocycles. The van der Waals surface area contributed by atoms with E-state index in [-0.39, 0.29) is 5.91 Å². The predicted molar refractivity (Wildman–Crippen MR) is 104 cm³/mol. The first-order valence-corrected chi connectivity index (χ1v) is 8.51. The molecule has 0 aliphatic heterocycles. The fourth-order valence-corrected chi connectivity index (χ4v) is 3.06. The number of carbonyl (C=O) groups is 1. The van der Waals surface area contributed by atoms with E-state index >= 15 is 0 Å². The van der Waals surface area contributed by atoms with Gasteiger partial charge in [0.15, 0.2) is 5.65 Å². The second-order valence-electron chi connectivity index (χ2n) is 6.13. The molecule has 2 aromatic heterocycles. The fourth-order valence-electron chi connectivity index (χ4n) is 3.06. The van der Waals surface area contributed by atoms with E-state index in [0.29, 0.717) is 22.6 Å². The molecule has 4 rings (SSSR count). The van der Waals surface area contributed by atoms with Crippen LogP contribution in [0.5, 0.6) is 5.75 Å². The number of benzene rings is 2. The molecule has 0 saturated carbocycles. The molecule has 4 aromatic rings. The van der Waals surface area contributed by atoms with Gasteiger partial charge in [-0.2, -0.15) is 5.10 Å². The van der Waals surface area contributed by atoms with Gasteiger partial charge in [-0.1, -0.05) is 30.3 Å². The summed E-state index contributed by atoms with van der Waals surface area (Å²) in [7, 11) is 1.59. The van der Waals surface area contributed by atoms with Crippen LogP contribution in [0.15, 0.2) is 67.1 Å². The molecule has 1 amide bonds. The molecule has 0 unspecified atom stereocenters. The van der Waals surface area contributed by atoms with Crippen molar-refractivity contribution in [3.8, 4) is 16.9 Å². The normalized spacial score (nSPS) is 10.7. The minimum absolute atomic E-state index is 0.283. The molecule has 0 spiro atoms. The SMILES string of the molecule is COc1cc(-c2ccccc2)c(C)cc1NC(=O)c1cnn2cccnc12. The van der Waals surface area contributed by atoms with Crippen molar-refractivity contribution in [3.05, 3.63) is 78.2 Å². The topological polar surface area (TPSA) is 68.5 Å². The van der Waals surface area contributed by atoms with Crippen molar-refractivity contribution in [2.75, 3.05) is 12.4 Å². The van der Waals surface area contributed by atoms with Crippen molar-refractivity contribution in [1.82, 2.24) is 14.6 Å². The van der Waals surface area contributed by atoms with Gasteiger partial charge in [-0.3, -0.25) is 4.79 Å². The number of nitrogens with one attached hydrogen (secondary N) is 1. The molecule has 0 atom stereocenters. The fraction of sp³-hybridized carbons (Fsp3) is 0.0952. The molecule has 1 N–H and O–H groups in total. The Morgan fingerprint density at radius 2 is 1.96 bits per heavy atom. The lowest BCUT2D eigenvalue weighted by Crippen LogP contribution is -2.13. The van der Waals surface area contributed by atoms with Crippen LogP contribution in [0.3, 0.4) is 0 Å². The lowest BCUT2D eigenvalue weighted by atomic mass is 9.99. The van der Waals surface area contributed by atoms with Crippen molar-refractivity contribution >= 4 is 17.2 Å². The number of anilines is 1. The van der Waals surface area contributed by atoms with E-state index in [1.54, 1.807) is 30.1 Å².